The minimum atomic E-state index is -0.0202. The number of nitriles is 1. The first-order valence-electron chi connectivity index (χ1n) is 12.6. The minimum absolute atomic E-state index is 0. The van der Waals surface area contributed by atoms with Gasteiger partial charge >= 0.3 is 0 Å². The van der Waals surface area contributed by atoms with Gasteiger partial charge in [-0.3, -0.25) is 9.69 Å². The molecule has 0 saturated carbocycles. The summed E-state index contributed by atoms with van der Waals surface area (Å²) in [6.45, 7) is 3.46. The van der Waals surface area contributed by atoms with Crippen molar-refractivity contribution in [2.24, 2.45) is 0 Å². The summed E-state index contributed by atoms with van der Waals surface area (Å²) in [6.07, 6.45) is 4.28. The monoisotopic (exact) mass is 501 g/mol. The number of rotatable bonds is 7. The molecule has 0 radical (unpaired) electrons. The first-order valence-corrected chi connectivity index (χ1v) is 12.6. The molecule has 0 aliphatic carbocycles. The number of nitrogens with one attached hydrogen (secondary N) is 1. The molecule has 3 aromatic carbocycles. The second-order valence-electron chi connectivity index (χ2n) is 9.43. The Hall–Kier alpha value is -3.33. The first kappa shape index (κ1) is 25.8. The van der Waals surface area contributed by atoms with Gasteiger partial charge in [0.05, 0.1) is 17.7 Å². The predicted octanol–water partition coefficient (Wildman–Crippen LogP) is 5.80. The van der Waals surface area contributed by atoms with Crippen LogP contribution in [-0.2, 0) is 0 Å². The van der Waals surface area contributed by atoms with Crippen LogP contribution in [0.25, 0.3) is 11.1 Å². The zero-order chi connectivity index (χ0) is 24.0. The van der Waals surface area contributed by atoms with Gasteiger partial charge in [0.15, 0.2) is 0 Å². The fourth-order valence-electron chi connectivity index (χ4n) is 5.39. The van der Waals surface area contributed by atoms with Gasteiger partial charge in [0, 0.05) is 23.6 Å². The average Bonchev–Trinajstić information content (AvgIpc) is 2.93. The number of halogens is 1. The number of fused-ring (bicyclic) bond motifs is 3. The Morgan fingerprint density at radius 3 is 2.58 bits per heavy atom. The van der Waals surface area contributed by atoms with E-state index < -0.39 is 0 Å². The maximum atomic E-state index is 12.6. The quantitative estimate of drug-likeness (QED) is 0.416. The van der Waals surface area contributed by atoms with E-state index in [1.54, 1.807) is 0 Å². The molecule has 2 atom stereocenters. The lowest BCUT2D eigenvalue weighted by Gasteiger charge is -2.44. The summed E-state index contributed by atoms with van der Waals surface area (Å²) in [6, 6.07) is 26.4. The molecule has 0 spiro atoms. The van der Waals surface area contributed by atoms with E-state index in [-0.39, 0.29) is 18.3 Å². The van der Waals surface area contributed by atoms with Crippen LogP contribution < -0.4 is 10.1 Å². The number of amides is 1. The molecule has 0 unspecified atom stereocenters. The van der Waals surface area contributed by atoms with Crippen LogP contribution in [0.15, 0.2) is 72.8 Å². The predicted molar refractivity (Wildman–Crippen MR) is 145 cm³/mol. The van der Waals surface area contributed by atoms with Crippen LogP contribution in [0.3, 0.4) is 0 Å². The molecule has 5 rings (SSSR count). The number of carbonyl (C=O) groups is 1. The third-order valence-corrected chi connectivity index (χ3v) is 7.25. The lowest BCUT2D eigenvalue weighted by molar-refractivity contribution is 0.0645. The van der Waals surface area contributed by atoms with Crippen LogP contribution in [0, 0.1) is 11.3 Å². The number of unbranched alkanes of at least 4 members (excludes halogenated alkanes) is 1. The molecule has 2 aliphatic heterocycles. The van der Waals surface area contributed by atoms with Crippen molar-refractivity contribution in [1.29, 1.82) is 5.26 Å². The van der Waals surface area contributed by atoms with Crippen LogP contribution in [0.5, 0.6) is 5.75 Å². The number of hydrogen-bond donors (Lipinski definition) is 1. The molecule has 5 nitrogen and oxygen atoms in total. The van der Waals surface area contributed by atoms with Gasteiger partial charge in [-0.1, -0.05) is 42.5 Å². The summed E-state index contributed by atoms with van der Waals surface area (Å²) in [5, 5.41) is 12.4. The van der Waals surface area contributed by atoms with E-state index >= 15 is 0 Å². The Kier molecular flexibility index (Phi) is 8.64. The number of hydrogen-bond acceptors (Lipinski definition) is 4. The molecule has 0 bridgehead atoms. The molecule has 3 aromatic rings. The van der Waals surface area contributed by atoms with Crippen LogP contribution in [0.1, 0.15) is 53.1 Å². The fraction of sp³-hybridized carbons (Fsp3) is 0.333. The lowest BCUT2D eigenvalue weighted by Crippen LogP contribution is -2.49. The zero-order valence-corrected chi connectivity index (χ0v) is 21.2. The third kappa shape index (κ3) is 5.73. The molecule has 2 aliphatic rings. The highest BCUT2D eigenvalue weighted by atomic mass is 35.5. The van der Waals surface area contributed by atoms with Gasteiger partial charge in [0.1, 0.15) is 12.4 Å². The zero-order valence-electron chi connectivity index (χ0n) is 20.4. The maximum Gasteiger partial charge on any atom is 0.251 e. The average molecular weight is 502 g/mol. The highest BCUT2D eigenvalue weighted by molar-refractivity contribution is 5.94. The Morgan fingerprint density at radius 1 is 1.03 bits per heavy atom. The number of benzene rings is 3. The molecule has 0 aromatic heterocycles. The van der Waals surface area contributed by atoms with Crippen molar-refractivity contribution in [3.8, 4) is 22.9 Å². The van der Waals surface area contributed by atoms with Crippen molar-refractivity contribution >= 4 is 18.3 Å². The summed E-state index contributed by atoms with van der Waals surface area (Å²) in [7, 11) is 0. The topological polar surface area (TPSA) is 65.4 Å². The number of nitrogens with zero attached hydrogens (tertiary/aromatic N) is 2. The van der Waals surface area contributed by atoms with Crippen LogP contribution >= 0.6 is 12.4 Å². The van der Waals surface area contributed by atoms with E-state index in [1.165, 1.54) is 5.56 Å². The third-order valence-electron chi connectivity index (χ3n) is 7.25. The Bertz CT molecular complexity index is 1210. The van der Waals surface area contributed by atoms with Gasteiger partial charge in [-0.05, 0) is 80.2 Å². The number of carbonyl (C=O) groups excluding carboxylic acids is 1. The fourth-order valence-corrected chi connectivity index (χ4v) is 5.39. The highest BCUT2D eigenvalue weighted by Crippen LogP contribution is 2.41. The molecule has 2 heterocycles. The molecular formula is C30H32ClN3O2. The molecule has 1 N–H and O–H groups in total. The van der Waals surface area contributed by atoms with Crippen molar-refractivity contribution in [2.75, 3.05) is 26.2 Å². The van der Waals surface area contributed by atoms with Crippen molar-refractivity contribution in [3.05, 3.63) is 89.5 Å². The normalized spacial score (nSPS) is 18.5. The standard InChI is InChI=1S/C30H31N3O2.ClH/c31-20-22-10-15-29-27(19-22)26-9-6-18-33(28(26)21-35-29)17-5-4-16-32-30(34)25-13-11-24(12-14-25)23-7-2-1-3-8-23;/h1-3,7-8,10-15,19,26,28H,4-6,9,16-18,21H2,(H,32,34);1H/t26-,28-;/m0./s1. The van der Waals surface area contributed by atoms with Gasteiger partial charge in [0.2, 0.25) is 0 Å². The van der Waals surface area contributed by atoms with Crippen LogP contribution in [0.4, 0.5) is 0 Å². The van der Waals surface area contributed by atoms with E-state index in [2.05, 4.69) is 28.4 Å². The molecule has 1 fully saturated rings. The van der Waals surface area contributed by atoms with Gasteiger partial charge in [-0.2, -0.15) is 5.26 Å². The molecule has 1 saturated heterocycles. The van der Waals surface area contributed by atoms with E-state index in [9.17, 15) is 10.1 Å². The summed E-state index contributed by atoms with van der Waals surface area (Å²) in [5.41, 5.74) is 4.85. The van der Waals surface area contributed by atoms with Gasteiger partial charge in [-0.15, -0.1) is 12.4 Å². The van der Waals surface area contributed by atoms with Gasteiger partial charge in [-0.25, -0.2) is 0 Å². The van der Waals surface area contributed by atoms with Crippen molar-refractivity contribution < 1.29 is 9.53 Å². The van der Waals surface area contributed by atoms with E-state index in [0.717, 1.165) is 55.6 Å². The largest absolute Gasteiger partial charge is 0.492 e. The first-order chi connectivity index (χ1) is 17.2. The number of piperidine rings is 1. The summed E-state index contributed by atoms with van der Waals surface area (Å²) in [4.78, 5) is 15.1. The van der Waals surface area contributed by atoms with Gasteiger partial charge in [0.25, 0.3) is 5.91 Å². The second-order valence-corrected chi connectivity index (χ2v) is 9.43. The molecule has 6 heteroatoms. The Labute approximate surface area is 219 Å². The van der Waals surface area contributed by atoms with Crippen molar-refractivity contribution in [1.82, 2.24) is 10.2 Å². The molecule has 36 heavy (non-hydrogen) atoms. The maximum absolute atomic E-state index is 12.6. The van der Waals surface area contributed by atoms with Crippen LogP contribution in [-0.4, -0.2) is 43.1 Å². The van der Waals surface area contributed by atoms with E-state index in [0.29, 0.717) is 36.2 Å². The number of ether oxygens (including phenoxy) is 1. The SMILES string of the molecule is Cl.N#Cc1ccc2c(c1)[C@@H]1CCCN(CCCCNC(=O)c3ccc(-c4ccccc4)cc3)[C@H]1CO2. The van der Waals surface area contributed by atoms with Crippen LogP contribution in [0.2, 0.25) is 0 Å². The molecule has 1 amide bonds. The summed E-state index contributed by atoms with van der Waals surface area (Å²) in [5.74, 6) is 1.35. The van der Waals surface area contributed by atoms with E-state index in [1.807, 2.05) is 60.7 Å². The minimum Gasteiger partial charge on any atom is -0.492 e. The molecular weight excluding hydrogens is 470 g/mol. The smallest absolute Gasteiger partial charge is 0.251 e. The van der Waals surface area contributed by atoms with E-state index in [4.69, 9.17) is 4.74 Å². The van der Waals surface area contributed by atoms with Crippen molar-refractivity contribution in [2.45, 2.75) is 37.6 Å². The summed E-state index contributed by atoms with van der Waals surface area (Å²) >= 11 is 0. The number of likely N-dealkylation sites (tertiary alicyclic amines) is 1. The Balaban J connectivity index is 0.00000304. The molecule has 186 valence electrons. The Morgan fingerprint density at radius 2 is 1.81 bits per heavy atom. The lowest BCUT2D eigenvalue weighted by atomic mass is 9.81. The highest BCUT2D eigenvalue weighted by Gasteiger charge is 2.37. The summed E-state index contributed by atoms with van der Waals surface area (Å²) < 4.78 is 6.06. The second kappa shape index (κ2) is 12.1. The van der Waals surface area contributed by atoms with Gasteiger partial charge < -0.3 is 10.1 Å². The van der Waals surface area contributed by atoms with Crippen molar-refractivity contribution in [3.63, 3.8) is 0 Å².